The van der Waals surface area contributed by atoms with Crippen molar-refractivity contribution in [1.29, 1.82) is 0 Å². The second-order valence-corrected chi connectivity index (χ2v) is 7.01. The lowest BCUT2D eigenvalue weighted by Gasteiger charge is -2.09. The molecular weight excluding hydrogens is 372 g/mol. The van der Waals surface area contributed by atoms with Crippen molar-refractivity contribution >= 4 is 45.9 Å². The fourth-order valence-corrected chi connectivity index (χ4v) is 3.45. The predicted molar refractivity (Wildman–Crippen MR) is 107 cm³/mol. The highest BCUT2D eigenvalue weighted by atomic mass is 35.5. The molecule has 3 rings (SSSR count). The lowest BCUT2D eigenvalue weighted by Crippen LogP contribution is -2.15. The Labute approximate surface area is 159 Å². The van der Waals surface area contributed by atoms with E-state index in [-0.39, 0.29) is 17.1 Å². The average molecular weight is 389 g/mol. The van der Waals surface area contributed by atoms with Crippen LogP contribution in [0.25, 0.3) is 10.9 Å². The van der Waals surface area contributed by atoms with Crippen molar-refractivity contribution in [3.63, 3.8) is 0 Å². The molecule has 0 radical (unpaired) electrons. The van der Waals surface area contributed by atoms with Gasteiger partial charge in [0.2, 0.25) is 5.91 Å². The lowest BCUT2D eigenvalue weighted by atomic mass is 10.2. The number of hydrogen-bond acceptors (Lipinski definition) is 4. The molecule has 0 aliphatic heterocycles. The SMILES string of the molecule is COc1ccccc1NC(=O)CSCc1cc(=O)c2cc(Cl)ccc2[nH]1. The number of carbonyl (C=O) groups is 1. The number of H-pyrrole nitrogens is 1. The number of hydrogen-bond donors (Lipinski definition) is 2. The number of halogens is 1. The zero-order valence-corrected chi connectivity index (χ0v) is 15.6. The van der Waals surface area contributed by atoms with Gasteiger partial charge in [0.15, 0.2) is 5.43 Å². The number of fused-ring (bicyclic) bond motifs is 1. The number of benzene rings is 2. The molecule has 26 heavy (non-hydrogen) atoms. The Morgan fingerprint density at radius 3 is 2.85 bits per heavy atom. The molecular formula is C19H17ClN2O3S. The number of aromatic nitrogens is 1. The van der Waals surface area contributed by atoms with Gasteiger partial charge in [-0.25, -0.2) is 0 Å². The highest BCUT2D eigenvalue weighted by Gasteiger charge is 2.08. The first-order chi connectivity index (χ1) is 12.6. The topological polar surface area (TPSA) is 71.2 Å². The van der Waals surface area contributed by atoms with Gasteiger partial charge in [-0.3, -0.25) is 9.59 Å². The summed E-state index contributed by atoms with van der Waals surface area (Å²) in [6.07, 6.45) is 0. The summed E-state index contributed by atoms with van der Waals surface area (Å²) in [6.45, 7) is 0. The molecule has 7 heteroatoms. The Balaban J connectivity index is 1.61. The molecule has 134 valence electrons. The summed E-state index contributed by atoms with van der Waals surface area (Å²) in [7, 11) is 1.56. The van der Waals surface area contributed by atoms with E-state index in [1.807, 2.05) is 12.1 Å². The number of thioether (sulfide) groups is 1. The minimum atomic E-state index is -0.130. The Kier molecular flexibility index (Phi) is 5.85. The van der Waals surface area contributed by atoms with E-state index in [9.17, 15) is 9.59 Å². The normalized spacial score (nSPS) is 10.7. The zero-order valence-electron chi connectivity index (χ0n) is 14.0. The van der Waals surface area contributed by atoms with E-state index < -0.39 is 0 Å². The van der Waals surface area contributed by atoms with Gasteiger partial charge in [-0.15, -0.1) is 11.8 Å². The first-order valence-corrected chi connectivity index (χ1v) is 9.42. The van der Waals surface area contributed by atoms with Crippen molar-refractivity contribution in [2.75, 3.05) is 18.2 Å². The van der Waals surface area contributed by atoms with Gasteiger partial charge in [0.1, 0.15) is 5.75 Å². The van der Waals surface area contributed by atoms with E-state index >= 15 is 0 Å². The molecule has 0 saturated carbocycles. The Morgan fingerprint density at radius 2 is 2.04 bits per heavy atom. The number of ether oxygens (including phenoxy) is 1. The van der Waals surface area contributed by atoms with Crippen LogP contribution in [0.1, 0.15) is 5.69 Å². The van der Waals surface area contributed by atoms with Crippen molar-refractivity contribution in [2.45, 2.75) is 5.75 Å². The molecule has 1 heterocycles. The Hall–Kier alpha value is -2.44. The lowest BCUT2D eigenvalue weighted by molar-refractivity contribution is -0.113. The van der Waals surface area contributed by atoms with E-state index in [0.29, 0.717) is 27.6 Å². The number of amides is 1. The van der Waals surface area contributed by atoms with Crippen LogP contribution in [0.5, 0.6) is 5.75 Å². The molecule has 0 fully saturated rings. The smallest absolute Gasteiger partial charge is 0.234 e. The highest BCUT2D eigenvalue weighted by Crippen LogP contribution is 2.23. The molecule has 0 spiro atoms. The van der Waals surface area contributed by atoms with Gasteiger partial charge in [0.25, 0.3) is 0 Å². The van der Waals surface area contributed by atoms with E-state index in [1.165, 1.54) is 11.8 Å². The van der Waals surface area contributed by atoms with Crippen LogP contribution in [0.2, 0.25) is 5.02 Å². The number of anilines is 1. The third-order valence-corrected chi connectivity index (χ3v) is 4.94. The molecule has 3 aromatic rings. The van der Waals surface area contributed by atoms with Crippen molar-refractivity contribution in [2.24, 2.45) is 0 Å². The summed E-state index contributed by atoms with van der Waals surface area (Å²) < 4.78 is 5.21. The van der Waals surface area contributed by atoms with Crippen LogP contribution in [0.15, 0.2) is 53.3 Å². The van der Waals surface area contributed by atoms with Crippen LogP contribution >= 0.6 is 23.4 Å². The van der Waals surface area contributed by atoms with Gasteiger partial charge in [-0.2, -0.15) is 0 Å². The summed E-state index contributed by atoms with van der Waals surface area (Å²) in [5.74, 6) is 1.27. The maximum absolute atomic E-state index is 12.2. The van der Waals surface area contributed by atoms with Crippen molar-refractivity contribution < 1.29 is 9.53 Å². The minimum Gasteiger partial charge on any atom is -0.495 e. The van der Waals surface area contributed by atoms with Crippen LogP contribution in [-0.4, -0.2) is 23.8 Å². The number of rotatable bonds is 6. The zero-order chi connectivity index (χ0) is 18.5. The fraction of sp³-hybridized carbons (Fsp3) is 0.158. The summed E-state index contributed by atoms with van der Waals surface area (Å²) in [5.41, 5.74) is 2.04. The van der Waals surface area contributed by atoms with Gasteiger partial charge < -0.3 is 15.0 Å². The standard InChI is InChI=1S/C19H17ClN2O3S/c1-25-18-5-3-2-4-16(18)22-19(24)11-26-10-13-9-17(23)14-8-12(20)6-7-15(14)21-13/h2-9H,10-11H2,1H3,(H,21,23)(H,22,24). The number of aromatic amines is 1. The number of carbonyl (C=O) groups excluding carboxylic acids is 1. The van der Waals surface area contributed by atoms with Crippen LogP contribution in [-0.2, 0) is 10.5 Å². The summed E-state index contributed by atoms with van der Waals surface area (Å²) in [5, 5.41) is 3.91. The van der Waals surface area contributed by atoms with Gasteiger partial charge in [0, 0.05) is 33.4 Å². The minimum absolute atomic E-state index is 0.0877. The third-order valence-electron chi connectivity index (χ3n) is 3.72. The fourth-order valence-electron chi connectivity index (χ4n) is 2.54. The Bertz CT molecular complexity index is 1000. The Morgan fingerprint density at radius 1 is 1.23 bits per heavy atom. The van der Waals surface area contributed by atoms with Crippen LogP contribution in [0.4, 0.5) is 5.69 Å². The molecule has 0 atom stereocenters. The van der Waals surface area contributed by atoms with E-state index in [4.69, 9.17) is 16.3 Å². The first-order valence-electron chi connectivity index (χ1n) is 7.89. The summed E-state index contributed by atoms with van der Waals surface area (Å²) in [6, 6.07) is 13.9. The van der Waals surface area contributed by atoms with Gasteiger partial charge >= 0.3 is 0 Å². The quantitative estimate of drug-likeness (QED) is 0.668. The number of methoxy groups -OCH3 is 1. The number of pyridine rings is 1. The summed E-state index contributed by atoms with van der Waals surface area (Å²) >= 11 is 7.35. The molecule has 1 amide bonds. The number of para-hydroxylation sites is 2. The van der Waals surface area contributed by atoms with Gasteiger partial charge in [-0.1, -0.05) is 23.7 Å². The second kappa shape index (κ2) is 8.29. The highest BCUT2D eigenvalue weighted by molar-refractivity contribution is 7.99. The molecule has 2 N–H and O–H groups in total. The molecule has 0 saturated heterocycles. The molecule has 1 aromatic heterocycles. The van der Waals surface area contributed by atoms with E-state index in [0.717, 1.165) is 11.2 Å². The van der Waals surface area contributed by atoms with Crippen molar-refractivity contribution in [3.05, 3.63) is 69.5 Å². The first kappa shape index (κ1) is 18.4. The van der Waals surface area contributed by atoms with E-state index in [2.05, 4.69) is 10.3 Å². The average Bonchev–Trinajstić information content (AvgIpc) is 2.63. The third kappa shape index (κ3) is 4.39. The maximum atomic E-state index is 12.2. The summed E-state index contributed by atoms with van der Waals surface area (Å²) in [4.78, 5) is 27.5. The van der Waals surface area contributed by atoms with Crippen molar-refractivity contribution in [1.82, 2.24) is 4.98 Å². The van der Waals surface area contributed by atoms with Crippen LogP contribution < -0.4 is 15.5 Å². The van der Waals surface area contributed by atoms with Crippen LogP contribution in [0, 0.1) is 0 Å². The van der Waals surface area contributed by atoms with Crippen LogP contribution in [0.3, 0.4) is 0 Å². The maximum Gasteiger partial charge on any atom is 0.234 e. The van der Waals surface area contributed by atoms with Crippen molar-refractivity contribution in [3.8, 4) is 5.75 Å². The largest absolute Gasteiger partial charge is 0.495 e. The second-order valence-electron chi connectivity index (χ2n) is 5.59. The van der Waals surface area contributed by atoms with E-state index in [1.54, 1.807) is 43.5 Å². The van der Waals surface area contributed by atoms with Gasteiger partial charge in [0.05, 0.1) is 18.6 Å². The molecule has 0 unspecified atom stereocenters. The molecule has 2 aromatic carbocycles. The molecule has 0 bridgehead atoms. The van der Waals surface area contributed by atoms with Gasteiger partial charge in [-0.05, 0) is 30.3 Å². The molecule has 0 aliphatic carbocycles. The monoisotopic (exact) mass is 388 g/mol. The molecule has 0 aliphatic rings. The number of nitrogens with one attached hydrogen (secondary N) is 2. The molecule has 5 nitrogen and oxygen atoms in total. The predicted octanol–water partition coefficient (Wildman–Crippen LogP) is 4.06.